The Bertz CT molecular complexity index is 2090. The summed E-state index contributed by atoms with van der Waals surface area (Å²) >= 11 is 0. The van der Waals surface area contributed by atoms with E-state index in [1.807, 2.05) is 0 Å². The quantitative estimate of drug-likeness (QED) is 0.0274. The van der Waals surface area contributed by atoms with Gasteiger partial charge in [0.15, 0.2) is 12.2 Å². The van der Waals surface area contributed by atoms with Crippen LogP contribution in [0, 0.1) is 0 Å². The van der Waals surface area contributed by atoms with Crippen molar-refractivity contribution in [1.29, 1.82) is 0 Å². The maximum Gasteiger partial charge on any atom is 0.343 e. The summed E-state index contributed by atoms with van der Waals surface area (Å²) in [5, 5.41) is 0. The van der Waals surface area contributed by atoms with Crippen molar-refractivity contribution in [3.63, 3.8) is 0 Å². The summed E-state index contributed by atoms with van der Waals surface area (Å²) in [6.45, 7) is 8.10. The van der Waals surface area contributed by atoms with Crippen molar-refractivity contribution in [3.05, 3.63) is 145 Å². The standard InChI is InChI=1S/C48H46O16/c1-3-41(49)57-27-7-5-25-55-35-17-9-31(10-18-35)45(51)61-37-21-13-33(14-22-37)47(53)63-39-29-59-44-40(30-60-43(39)44)64-48(54)34-15-23-38(24-16-34)62-46(52)32-11-19-36(20-12-32)56-26-6-8-28-58-42(50)4-2/h3-4,9-24,39-40,43-44H,1-2,5-8,25-30H2/t39-,40-,43-,44-/m1/s1. The lowest BCUT2D eigenvalue weighted by atomic mass is 10.1. The maximum absolute atomic E-state index is 13.0. The van der Waals surface area contributed by atoms with Gasteiger partial charge in [0.05, 0.1) is 61.9 Å². The number of esters is 6. The fourth-order valence-corrected chi connectivity index (χ4v) is 6.32. The number of carbonyl (C=O) groups excluding carboxylic acids is 6. The minimum Gasteiger partial charge on any atom is -0.494 e. The van der Waals surface area contributed by atoms with Gasteiger partial charge in [-0.25, -0.2) is 28.8 Å². The van der Waals surface area contributed by atoms with Crippen molar-refractivity contribution < 1.29 is 76.1 Å². The highest BCUT2D eigenvalue weighted by molar-refractivity contribution is 5.93. The molecule has 0 radical (unpaired) electrons. The molecule has 0 bridgehead atoms. The minimum absolute atomic E-state index is 0.0221. The van der Waals surface area contributed by atoms with Crippen molar-refractivity contribution >= 4 is 35.8 Å². The average Bonchev–Trinajstić information content (AvgIpc) is 3.91. The molecule has 2 saturated heterocycles. The van der Waals surface area contributed by atoms with Gasteiger partial charge in [-0.2, -0.15) is 0 Å². The molecule has 2 fully saturated rings. The molecular weight excluding hydrogens is 833 g/mol. The van der Waals surface area contributed by atoms with Gasteiger partial charge in [0.25, 0.3) is 0 Å². The molecular formula is C48H46O16. The first kappa shape index (κ1) is 46.2. The highest BCUT2D eigenvalue weighted by atomic mass is 16.7. The molecule has 2 aliphatic rings. The van der Waals surface area contributed by atoms with Crippen LogP contribution in [0.25, 0.3) is 0 Å². The molecule has 0 N–H and O–H groups in total. The number of fused-ring (bicyclic) bond motifs is 1. The van der Waals surface area contributed by atoms with Gasteiger partial charge in [-0.1, -0.05) is 13.2 Å². The summed E-state index contributed by atoms with van der Waals surface area (Å²) in [5.74, 6) is -1.88. The Labute approximate surface area is 368 Å². The Hall–Kier alpha value is -7.30. The first-order valence-electron chi connectivity index (χ1n) is 20.4. The molecule has 2 aliphatic heterocycles. The molecule has 6 rings (SSSR count). The SMILES string of the molecule is C=CC(=O)OCCCCOc1ccc(C(=O)Oc2ccc(C(=O)O[C@@H]3CO[C@H]4[C@@H]3OC[C@H]4OC(=O)c3ccc(OC(=O)c4ccc(OCCCCOC(=O)C=C)cc4)cc3)cc2)cc1. The molecule has 4 aromatic rings. The normalized spacial score (nSPS) is 17.2. The van der Waals surface area contributed by atoms with E-state index in [0.29, 0.717) is 61.5 Å². The number of carbonyl (C=O) groups is 6. The smallest absolute Gasteiger partial charge is 0.343 e. The second-order valence-corrected chi connectivity index (χ2v) is 14.2. The van der Waals surface area contributed by atoms with E-state index in [4.69, 9.17) is 47.4 Å². The predicted octanol–water partition coefficient (Wildman–Crippen LogP) is 6.45. The third kappa shape index (κ3) is 13.3. The molecule has 0 unspecified atom stereocenters. The van der Waals surface area contributed by atoms with Gasteiger partial charge in [0.2, 0.25) is 0 Å². The first-order chi connectivity index (χ1) is 31.1. The van der Waals surface area contributed by atoms with Gasteiger partial charge in [0, 0.05) is 12.2 Å². The fourth-order valence-electron chi connectivity index (χ4n) is 6.32. The van der Waals surface area contributed by atoms with Crippen LogP contribution in [0.2, 0.25) is 0 Å². The lowest BCUT2D eigenvalue weighted by Gasteiger charge is -2.17. The van der Waals surface area contributed by atoms with E-state index in [1.165, 1.54) is 48.5 Å². The molecule has 16 heteroatoms. The minimum atomic E-state index is -0.766. The van der Waals surface area contributed by atoms with Crippen LogP contribution in [0.15, 0.2) is 122 Å². The number of benzene rings is 4. The summed E-state index contributed by atoms with van der Waals surface area (Å²) in [7, 11) is 0. The van der Waals surface area contributed by atoms with E-state index >= 15 is 0 Å². The number of hydrogen-bond acceptors (Lipinski definition) is 16. The predicted molar refractivity (Wildman–Crippen MR) is 225 cm³/mol. The third-order valence-corrected chi connectivity index (χ3v) is 9.70. The molecule has 64 heavy (non-hydrogen) atoms. The monoisotopic (exact) mass is 878 g/mol. The summed E-state index contributed by atoms with van der Waals surface area (Å²) in [5.41, 5.74) is 0.999. The van der Waals surface area contributed by atoms with Gasteiger partial charge >= 0.3 is 35.8 Å². The van der Waals surface area contributed by atoms with Crippen molar-refractivity contribution in [2.75, 3.05) is 39.6 Å². The Balaban J connectivity index is 0.888. The zero-order valence-corrected chi connectivity index (χ0v) is 34.7. The van der Waals surface area contributed by atoms with E-state index in [2.05, 4.69) is 13.2 Å². The van der Waals surface area contributed by atoms with E-state index in [1.54, 1.807) is 48.5 Å². The van der Waals surface area contributed by atoms with Crippen molar-refractivity contribution in [2.24, 2.45) is 0 Å². The van der Waals surface area contributed by atoms with Gasteiger partial charge in [-0.05, 0) is 123 Å². The van der Waals surface area contributed by atoms with Crippen LogP contribution in [0.4, 0.5) is 0 Å². The average molecular weight is 879 g/mol. The lowest BCUT2D eigenvalue weighted by Crippen LogP contribution is -2.36. The Morgan fingerprint density at radius 3 is 1.11 bits per heavy atom. The molecule has 0 aliphatic carbocycles. The van der Waals surface area contributed by atoms with Gasteiger partial charge in [-0.15, -0.1) is 0 Å². The summed E-state index contributed by atoms with van der Waals surface area (Å²) in [6, 6.07) is 24.6. The van der Waals surface area contributed by atoms with Crippen LogP contribution in [0.3, 0.4) is 0 Å². The molecule has 16 nitrogen and oxygen atoms in total. The molecule has 2 heterocycles. The fraction of sp³-hybridized carbons (Fsp3) is 0.292. The summed E-state index contributed by atoms with van der Waals surface area (Å²) in [4.78, 5) is 73.7. The van der Waals surface area contributed by atoms with E-state index in [-0.39, 0.29) is 49.1 Å². The molecule has 4 atom stereocenters. The number of unbranched alkanes of at least 4 members (excludes halogenated alkanes) is 2. The highest BCUT2D eigenvalue weighted by Gasteiger charge is 2.51. The molecule has 0 spiro atoms. The van der Waals surface area contributed by atoms with Crippen molar-refractivity contribution in [2.45, 2.75) is 50.1 Å². The van der Waals surface area contributed by atoms with E-state index < -0.39 is 60.2 Å². The number of hydrogen-bond donors (Lipinski definition) is 0. The van der Waals surface area contributed by atoms with Crippen LogP contribution in [0.5, 0.6) is 23.0 Å². The van der Waals surface area contributed by atoms with Crippen molar-refractivity contribution in [1.82, 2.24) is 0 Å². The van der Waals surface area contributed by atoms with E-state index in [9.17, 15) is 28.8 Å². The second kappa shape index (κ2) is 23.2. The van der Waals surface area contributed by atoms with Crippen LogP contribution < -0.4 is 18.9 Å². The van der Waals surface area contributed by atoms with Crippen LogP contribution in [-0.4, -0.2) is 99.9 Å². The maximum atomic E-state index is 13.0. The van der Waals surface area contributed by atoms with E-state index in [0.717, 1.165) is 12.2 Å². The molecule has 0 aromatic heterocycles. The highest BCUT2D eigenvalue weighted by Crippen LogP contribution is 2.32. The largest absolute Gasteiger partial charge is 0.494 e. The molecule has 4 aromatic carbocycles. The zero-order valence-electron chi connectivity index (χ0n) is 34.7. The topological polar surface area (TPSA) is 195 Å². The Morgan fingerprint density at radius 1 is 0.453 bits per heavy atom. The number of ether oxygens (including phenoxy) is 10. The molecule has 334 valence electrons. The van der Waals surface area contributed by atoms with Crippen LogP contribution in [0.1, 0.15) is 67.1 Å². The van der Waals surface area contributed by atoms with Gasteiger partial charge < -0.3 is 47.4 Å². The summed E-state index contributed by atoms with van der Waals surface area (Å²) in [6.07, 6.45) is 1.95. The Morgan fingerprint density at radius 2 is 0.766 bits per heavy atom. The zero-order chi connectivity index (χ0) is 45.3. The van der Waals surface area contributed by atoms with Crippen LogP contribution >= 0.6 is 0 Å². The van der Waals surface area contributed by atoms with Crippen molar-refractivity contribution in [3.8, 4) is 23.0 Å². The number of rotatable bonds is 22. The second-order valence-electron chi connectivity index (χ2n) is 14.2. The van der Waals surface area contributed by atoms with Gasteiger partial charge in [-0.3, -0.25) is 0 Å². The van der Waals surface area contributed by atoms with Gasteiger partial charge in [0.1, 0.15) is 35.2 Å². The Kier molecular flexibility index (Phi) is 16.8. The van der Waals surface area contributed by atoms with Crippen LogP contribution in [-0.2, 0) is 38.0 Å². The third-order valence-electron chi connectivity index (χ3n) is 9.70. The first-order valence-corrected chi connectivity index (χ1v) is 20.4. The summed E-state index contributed by atoms with van der Waals surface area (Å²) < 4.78 is 55.2. The lowest BCUT2D eigenvalue weighted by molar-refractivity contribution is -0.138. The molecule has 0 amide bonds. The molecule has 0 saturated carbocycles.